The van der Waals surface area contributed by atoms with E-state index < -0.39 is 0 Å². The standard InChI is InChI=1S/C15H25N3S2/c1-4-16-12-6-5-7-13-14(12)17-15(20-13)18-8-10(2)19-11(3)9-18/h10-12,16H,4-9H2,1-3H3. The molecule has 1 fully saturated rings. The molecule has 5 heteroatoms. The summed E-state index contributed by atoms with van der Waals surface area (Å²) in [7, 11) is 0. The fourth-order valence-corrected chi connectivity index (χ4v) is 5.83. The summed E-state index contributed by atoms with van der Waals surface area (Å²) in [4.78, 5) is 9.05. The second-order valence-corrected chi connectivity index (χ2v) is 8.91. The maximum Gasteiger partial charge on any atom is 0.185 e. The highest BCUT2D eigenvalue weighted by Crippen LogP contribution is 2.38. The van der Waals surface area contributed by atoms with Gasteiger partial charge in [-0.05, 0) is 25.8 Å². The summed E-state index contributed by atoms with van der Waals surface area (Å²) < 4.78 is 0. The lowest BCUT2D eigenvalue weighted by Crippen LogP contribution is -2.40. The number of nitrogens with zero attached hydrogens (tertiary/aromatic N) is 2. The van der Waals surface area contributed by atoms with Gasteiger partial charge in [0.25, 0.3) is 0 Å². The molecule has 3 unspecified atom stereocenters. The fourth-order valence-electron chi connectivity index (χ4n) is 3.32. The molecule has 0 bridgehead atoms. The van der Waals surface area contributed by atoms with Gasteiger partial charge in [0.15, 0.2) is 5.13 Å². The molecule has 0 spiro atoms. The van der Waals surface area contributed by atoms with Gasteiger partial charge in [-0.2, -0.15) is 11.8 Å². The van der Waals surface area contributed by atoms with Crippen molar-refractivity contribution in [2.75, 3.05) is 24.5 Å². The molecule has 1 aromatic heterocycles. The molecule has 0 saturated carbocycles. The average molecular weight is 312 g/mol. The van der Waals surface area contributed by atoms with Gasteiger partial charge in [0.2, 0.25) is 0 Å². The summed E-state index contributed by atoms with van der Waals surface area (Å²) >= 11 is 4.05. The van der Waals surface area contributed by atoms with Gasteiger partial charge in [0, 0.05) is 28.5 Å². The van der Waals surface area contributed by atoms with E-state index in [4.69, 9.17) is 4.98 Å². The highest BCUT2D eigenvalue weighted by atomic mass is 32.2. The maximum absolute atomic E-state index is 5.02. The average Bonchev–Trinajstić information content (AvgIpc) is 2.83. The first-order valence-electron chi connectivity index (χ1n) is 7.80. The van der Waals surface area contributed by atoms with E-state index in [2.05, 4.69) is 42.7 Å². The zero-order valence-electron chi connectivity index (χ0n) is 12.7. The van der Waals surface area contributed by atoms with Crippen LogP contribution in [0.25, 0.3) is 0 Å². The Kier molecular flexibility index (Phi) is 4.58. The third-order valence-electron chi connectivity index (χ3n) is 4.08. The predicted octanol–water partition coefficient (Wildman–Crippen LogP) is 3.46. The van der Waals surface area contributed by atoms with Crippen LogP contribution in [-0.2, 0) is 6.42 Å². The van der Waals surface area contributed by atoms with Gasteiger partial charge < -0.3 is 10.2 Å². The van der Waals surface area contributed by atoms with Gasteiger partial charge in [-0.25, -0.2) is 4.98 Å². The van der Waals surface area contributed by atoms with Crippen LogP contribution in [-0.4, -0.2) is 35.1 Å². The molecule has 1 N–H and O–H groups in total. The topological polar surface area (TPSA) is 28.2 Å². The Labute approximate surface area is 130 Å². The number of aryl methyl sites for hydroxylation is 1. The van der Waals surface area contributed by atoms with E-state index in [0.29, 0.717) is 16.5 Å². The summed E-state index contributed by atoms with van der Waals surface area (Å²) in [5.74, 6) is 0. The summed E-state index contributed by atoms with van der Waals surface area (Å²) in [6.45, 7) is 10.2. The Morgan fingerprint density at radius 3 is 2.75 bits per heavy atom. The maximum atomic E-state index is 5.02. The van der Waals surface area contributed by atoms with E-state index in [0.717, 1.165) is 19.6 Å². The Morgan fingerprint density at radius 1 is 1.30 bits per heavy atom. The zero-order valence-corrected chi connectivity index (χ0v) is 14.3. The van der Waals surface area contributed by atoms with Crippen molar-refractivity contribution in [2.24, 2.45) is 0 Å². The third kappa shape index (κ3) is 3.00. The van der Waals surface area contributed by atoms with Crippen molar-refractivity contribution in [1.29, 1.82) is 0 Å². The number of hydrogen-bond donors (Lipinski definition) is 1. The first-order valence-corrected chi connectivity index (χ1v) is 9.56. The van der Waals surface area contributed by atoms with E-state index >= 15 is 0 Å². The molecule has 112 valence electrons. The Balaban J connectivity index is 1.81. The molecule has 0 amide bonds. The van der Waals surface area contributed by atoms with Gasteiger partial charge in [0.1, 0.15) is 0 Å². The van der Waals surface area contributed by atoms with E-state index in [-0.39, 0.29) is 0 Å². The van der Waals surface area contributed by atoms with Crippen molar-refractivity contribution >= 4 is 28.2 Å². The second kappa shape index (κ2) is 6.24. The number of rotatable bonds is 3. The molecule has 1 saturated heterocycles. The van der Waals surface area contributed by atoms with Crippen LogP contribution in [0.4, 0.5) is 5.13 Å². The lowest BCUT2D eigenvalue weighted by atomic mass is 9.98. The Bertz CT molecular complexity index is 450. The molecule has 2 aliphatic rings. The number of anilines is 1. The van der Waals surface area contributed by atoms with Gasteiger partial charge in [-0.3, -0.25) is 0 Å². The molecule has 2 heterocycles. The predicted molar refractivity (Wildman–Crippen MR) is 90.2 cm³/mol. The minimum Gasteiger partial charge on any atom is -0.346 e. The van der Waals surface area contributed by atoms with Crippen LogP contribution in [0.15, 0.2) is 0 Å². The highest BCUT2D eigenvalue weighted by Gasteiger charge is 2.28. The van der Waals surface area contributed by atoms with Gasteiger partial charge in [-0.15, -0.1) is 11.3 Å². The van der Waals surface area contributed by atoms with E-state index in [1.807, 2.05) is 11.3 Å². The molecule has 0 aromatic carbocycles. The van der Waals surface area contributed by atoms with Crippen molar-refractivity contribution in [3.63, 3.8) is 0 Å². The lowest BCUT2D eigenvalue weighted by molar-refractivity contribution is 0.465. The quantitative estimate of drug-likeness (QED) is 0.925. The van der Waals surface area contributed by atoms with Crippen molar-refractivity contribution in [3.05, 3.63) is 10.6 Å². The second-order valence-electron chi connectivity index (χ2n) is 5.97. The zero-order chi connectivity index (χ0) is 14.1. The third-order valence-corrected chi connectivity index (χ3v) is 6.50. The lowest BCUT2D eigenvalue weighted by Gasteiger charge is -2.34. The molecule has 0 radical (unpaired) electrons. The molecule has 3 rings (SSSR count). The number of hydrogen-bond acceptors (Lipinski definition) is 5. The van der Waals surface area contributed by atoms with Crippen LogP contribution in [0.1, 0.15) is 50.2 Å². The molecule has 3 nitrogen and oxygen atoms in total. The Morgan fingerprint density at radius 2 is 2.05 bits per heavy atom. The van der Waals surface area contributed by atoms with Crippen LogP contribution in [0.2, 0.25) is 0 Å². The van der Waals surface area contributed by atoms with Crippen molar-refractivity contribution < 1.29 is 0 Å². The van der Waals surface area contributed by atoms with E-state index in [1.54, 1.807) is 0 Å². The van der Waals surface area contributed by atoms with Gasteiger partial charge in [0.05, 0.1) is 11.7 Å². The van der Waals surface area contributed by atoms with Crippen molar-refractivity contribution in [1.82, 2.24) is 10.3 Å². The summed E-state index contributed by atoms with van der Waals surface area (Å²) in [5, 5.41) is 6.28. The van der Waals surface area contributed by atoms with Crippen LogP contribution < -0.4 is 10.2 Å². The van der Waals surface area contributed by atoms with Crippen LogP contribution in [0, 0.1) is 0 Å². The molecule has 1 aliphatic heterocycles. The summed E-state index contributed by atoms with van der Waals surface area (Å²) in [6.07, 6.45) is 3.77. The molecular formula is C15H25N3S2. The minimum absolute atomic E-state index is 0.489. The SMILES string of the molecule is CCNC1CCCc2sc(N3CC(C)SC(C)C3)nc21. The fraction of sp³-hybridized carbons (Fsp3) is 0.800. The Hall–Kier alpha value is -0.260. The smallest absolute Gasteiger partial charge is 0.185 e. The van der Waals surface area contributed by atoms with Gasteiger partial charge in [-0.1, -0.05) is 20.8 Å². The first kappa shape index (κ1) is 14.7. The number of thiazole rings is 1. The van der Waals surface area contributed by atoms with E-state index in [9.17, 15) is 0 Å². The van der Waals surface area contributed by atoms with E-state index in [1.165, 1.54) is 35.0 Å². The molecule has 1 aromatic rings. The van der Waals surface area contributed by atoms with Crippen LogP contribution in [0.3, 0.4) is 0 Å². The summed E-state index contributed by atoms with van der Waals surface area (Å²) in [5.41, 5.74) is 1.34. The minimum atomic E-state index is 0.489. The van der Waals surface area contributed by atoms with Crippen LogP contribution in [0.5, 0.6) is 0 Å². The molecular weight excluding hydrogens is 286 g/mol. The molecule has 20 heavy (non-hydrogen) atoms. The molecule has 1 aliphatic carbocycles. The number of aromatic nitrogens is 1. The number of thioether (sulfide) groups is 1. The number of fused-ring (bicyclic) bond motifs is 1. The molecule has 3 atom stereocenters. The van der Waals surface area contributed by atoms with Gasteiger partial charge >= 0.3 is 0 Å². The first-order chi connectivity index (χ1) is 9.67. The largest absolute Gasteiger partial charge is 0.346 e. The van der Waals surface area contributed by atoms with Crippen molar-refractivity contribution in [3.8, 4) is 0 Å². The number of nitrogens with one attached hydrogen (secondary N) is 1. The summed E-state index contributed by atoms with van der Waals surface area (Å²) in [6, 6.07) is 0.489. The van der Waals surface area contributed by atoms with Crippen molar-refractivity contribution in [2.45, 2.75) is 56.6 Å². The normalized spacial score (nSPS) is 30.4. The monoisotopic (exact) mass is 311 g/mol. The highest BCUT2D eigenvalue weighted by molar-refractivity contribution is 8.00. The van der Waals surface area contributed by atoms with Crippen LogP contribution >= 0.6 is 23.1 Å².